The average Bonchev–Trinajstić information content (AvgIpc) is 3.41. The van der Waals surface area contributed by atoms with Gasteiger partial charge in [-0.25, -0.2) is 4.98 Å². The zero-order valence-electron chi connectivity index (χ0n) is 16.2. The fourth-order valence-corrected chi connectivity index (χ4v) is 4.15. The predicted molar refractivity (Wildman–Crippen MR) is 104 cm³/mol. The van der Waals surface area contributed by atoms with Crippen LogP contribution >= 0.6 is 0 Å². The van der Waals surface area contributed by atoms with Crippen LogP contribution in [0.1, 0.15) is 50.4 Å². The van der Waals surface area contributed by atoms with Crippen molar-refractivity contribution in [3.8, 4) is 5.75 Å². The molecule has 2 saturated heterocycles. The molecule has 6 nitrogen and oxygen atoms in total. The number of hydrogen-bond donors (Lipinski definition) is 1. The van der Waals surface area contributed by atoms with Gasteiger partial charge in [-0.2, -0.15) is 5.10 Å². The van der Waals surface area contributed by atoms with Gasteiger partial charge in [0.1, 0.15) is 12.1 Å². The number of nitrogens with zero attached hydrogens (tertiary/aromatic N) is 3. The van der Waals surface area contributed by atoms with Crippen LogP contribution < -0.4 is 4.74 Å². The smallest absolute Gasteiger partial charge is 0.161 e. The quantitative estimate of drug-likeness (QED) is 0.757. The summed E-state index contributed by atoms with van der Waals surface area (Å²) in [5.74, 6) is 2.27. The van der Waals surface area contributed by atoms with E-state index in [9.17, 15) is 0 Å². The van der Waals surface area contributed by atoms with Gasteiger partial charge in [-0.3, -0.25) is 5.10 Å². The number of likely N-dealkylation sites (tertiary alicyclic amines) is 1. The molecule has 0 bridgehead atoms. The highest BCUT2D eigenvalue weighted by atomic mass is 16.5. The molecule has 4 rings (SSSR count). The van der Waals surface area contributed by atoms with Crippen LogP contribution in [-0.2, 0) is 10.3 Å². The van der Waals surface area contributed by atoms with Crippen LogP contribution in [0.25, 0.3) is 0 Å². The number of hydrogen-bond acceptors (Lipinski definition) is 5. The Morgan fingerprint density at radius 1 is 1.26 bits per heavy atom. The fourth-order valence-electron chi connectivity index (χ4n) is 4.15. The zero-order valence-corrected chi connectivity index (χ0v) is 16.2. The third-order valence-corrected chi connectivity index (χ3v) is 5.81. The van der Waals surface area contributed by atoms with Gasteiger partial charge in [0.05, 0.1) is 13.2 Å². The molecule has 2 aromatic rings. The summed E-state index contributed by atoms with van der Waals surface area (Å²) in [7, 11) is 0. The number of aromatic nitrogens is 3. The van der Waals surface area contributed by atoms with Crippen molar-refractivity contribution in [3.05, 3.63) is 42.0 Å². The maximum absolute atomic E-state index is 6.32. The Balaban J connectivity index is 1.39. The zero-order chi connectivity index (χ0) is 18.5. The van der Waals surface area contributed by atoms with Gasteiger partial charge in [0.2, 0.25) is 0 Å². The van der Waals surface area contributed by atoms with Crippen LogP contribution in [0.2, 0.25) is 0 Å². The van der Waals surface area contributed by atoms with E-state index in [1.165, 1.54) is 25.9 Å². The lowest BCUT2D eigenvalue weighted by Gasteiger charge is -2.38. The standard InChI is InChI=1S/C21H30N4O2/c1-17-9-10-21(27-15-17,20-22-16-23-24-20)18-5-7-19(8-6-18)26-14-4-13-25-11-2-3-12-25/h5-8,16-17H,2-4,9-15H2,1H3,(H,22,23,24). The molecule has 3 heterocycles. The number of ether oxygens (including phenoxy) is 2. The van der Waals surface area contributed by atoms with E-state index in [0.29, 0.717) is 5.92 Å². The Morgan fingerprint density at radius 2 is 2.07 bits per heavy atom. The van der Waals surface area contributed by atoms with E-state index in [4.69, 9.17) is 9.47 Å². The molecular formula is C21H30N4O2. The second-order valence-electron chi connectivity index (χ2n) is 7.89. The molecule has 2 fully saturated rings. The minimum absolute atomic E-state index is 0.530. The maximum Gasteiger partial charge on any atom is 0.161 e. The number of nitrogens with one attached hydrogen (secondary N) is 1. The van der Waals surface area contributed by atoms with Crippen molar-refractivity contribution >= 4 is 0 Å². The van der Waals surface area contributed by atoms with Crippen molar-refractivity contribution in [1.29, 1.82) is 0 Å². The third kappa shape index (κ3) is 4.17. The van der Waals surface area contributed by atoms with Crippen molar-refractivity contribution in [1.82, 2.24) is 20.1 Å². The van der Waals surface area contributed by atoms with Gasteiger partial charge in [-0.15, -0.1) is 0 Å². The molecule has 0 amide bonds. The molecular weight excluding hydrogens is 340 g/mol. The minimum Gasteiger partial charge on any atom is -0.494 e. The van der Waals surface area contributed by atoms with Crippen LogP contribution in [0.3, 0.4) is 0 Å². The largest absolute Gasteiger partial charge is 0.494 e. The first-order chi connectivity index (χ1) is 13.3. The van der Waals surface area contributed by atoms with Gasteiger partial charge in [0.25, 0.3) is 0 Å². The minimum atomic E-state index is -0.530. The van der Waals surface area contributed by atoms with Crippen LogP contribution in [0, 0.1) is 5.92 Å². The summed E-state index contributed by atoms with van der Waals surface area (Å²) in [6, 6.07) is 8.30. The van der Waals surface area contributed by atoms with Crippen LogP contribution in [0.15, 0.2) is 30.6 Å². The summed E-state index contributed by atoms with van der Waals surface area (Å²) in [6.45, 7) is 7.35. The molecule has 0 radical (unpaired) electrons. The average molecular weight is 370 g/mol. The Morgan fingerprint density at radius 3 is 2.74 bits per heavy atom. The number of rotatable bonds is 7. The fraction of sp³-hybridized carbons (Fsp3) is 0.619. The molecule has 0 spiro atoms. The van der Waals surface area contributed by atoms with E-state index in [2.05, 4.69) is 39.1 Å². The van der Waals surface area contributed by atoms with Gasteiger partial charge in [-0.05, 0) is 68.8 Å². The Hall–Kier alpha value is -1.92. The van der Waals surface area contributed by atoms with Gasteiger partial charge in [0, 0.05) is 6.54 Å². The highest BCUT2D eigenvalue weighted by molar-refractivity contribution is 5.35. The summed E-state index contributed by atoms with van der Waals surface area (Å²) in [4.78, 5) is 6.93. The SMILES string of the molecule is CC1CCC(c2ccc(OCCCN3CCCC3)cc2)(c2ncn[nH]2)OC1. The van der Waals surface area contributed by atoms with Crippen molar-refractivity contribution < 1.29 is 9.47 Å². The van der Waals surface area contributed by atoms with Crippen molar-refractivity contribution in [2.45, 2.75) is 44.6 Å². The van der Waals surface area contributed by atoms with E-state index >= 15 is 0 Å². The Labute approximate surface area is 161 Å². The van der Waals surface area contributed by atoms with E-state index in [0.717, 1.165) is 56.2 Å². The van der Waals surface area contributed by atoms with Gasteiger partial charge in [0.15, 0.2) is 11.4 Å². The van der Waals surface area contributed by atoms with E-state index in [1.54, 1.807) is 6.33 Å². The molecule has 1 N–H and O–H groups in total. The van der Waals surface area contributed by atoms with Crippen molar-refractivity contribution in [3.63, 3.8) is 0 Å². The first-order valence-corrected chi connectivity index (χ1v) is 10.2. The molecule has 2 atom stereocenters. The normalized spacial score (nSPS) is 26.3. The summed E-state index contributed by atoms with van der Waals surface area (Å²) in [5, 5.41) is 7.06. The van der Waals surface area contributed by atoms with Crippen LogP contribution in [0.5, 0.6) is 5.75 Å². The monoisotopic (exact) mass is 370 g/mol. The Bertz CT molecular complexity index is 687. The molecule has 6 heteroatoms. The number of H-pyrrole nitrogens is 1. The molecule has 27 heavy (non-hydrogen) atoms. The lowest BCUT2D eigenvalue weighted by Crippen LogP contribution is -2.38. The molecule has 0 saturated carbocycles. The second kappa shape index (κ2) is 8.40. The summed E-state index contributed by atoms with van der Waals surface area (Å²) < 4.78 is 12.3. The molecule has 2 unspecified atom stereocenters. The van der Waals surface area contributed by atoms with Crippen molar-refractivity contribution in [2.24, 2.45) is 5.92 Å². The number of aromatic amines is 1. The summed E-state index contributed by atoms with van der Waals surface area (Å²) >= 11 is 0. The van der Waals surface area contributed by atoms with E-state index in [-0.39, 0.29) is 0 Å². The van der Waals surface area contributed by atoms with Gasteiger partial charge < -0.3 is 14.4 Å². The maximum atomic E-state index is 6.32. The summed E-state index contributed by atoms with van der Waals surface area (Å²) in [6.07, 6.45) is 7.32. The Kier molecular flexibility index (Phi) is 5.74. The molecule has 146 valence electrons. The van der Waals surface area contributed by atoms with E-state index in [1.807, 2.05) is 12.1 Å². The topological polar surface area (TPSA) is 63.3 Å². The number of benzene rings is 1. The first-order valence-electron chi connectivity index (χ1n) is 10.2. The lowest BCUT2D eigenvalue weighted by molar-refractivity contribution is -0.0801. The molecule has 1 aromatic carbocycles. The van der Waals surface area contributed by atoms with Gasteiger partial charge >= 0.3 is 0 Å². The summed E-state index contributed by atoms with van der Waals surface area (Å²) in [5.41, 5.74) is 0.577. The predicted octanol–water partition coefficient (Wildman–Crippen LogP) is 3.36. The molecule has 1 aromatic heterocycles. The first kappa shape index (κ1) is 18.4. The second-order valence-corrected chi connectivity index (χ2v) is 7.89. The highest BCUT2D eigenvalue weighted by Gasteiger charge is 2.41. The van der Waals surface area contributed by atoms with E-state index < -0.39 is 5.60 Å². The van der Waals surface area contributed by atoms with Gasteiger partial charge in [-0.1, -0.05) is 19.1 Å². The third-order valence-electron chi connectivity index (χ3n) is 5.81. The van der Waals surface area contributed by atoms with Crippen LogP contribution in [-0.4, -0.2) is 52.9 Å². The molecule has 0 aliphatic carbocycles. The van der Waals surface area contributed by atoms with Crippen LogP contribution in [0.4, 0.5) is 0 Å². The molecule has 2 aliphatic heterocycles. The molecule has 2 aliphatic rings. The van der Waals surface area contributed by atoms with Crippen molar-refractivity contribution in [2.75, 3.05) is 32.8 Å². The lowest BCUT2D eigenvalue weighted by atomic mass is 9.83. The highest BCUT2D eigenvalue weighted by Crippen LogP contribution is 2.41.